The van der Waals surface area contributed by atoms with E-state index in [4.69, 9.17) is 6.42 Å². The van der Waals surface area contributed by atoms with Crippen molar-refractivity contribution < 1.29 is 5.11 Å². The first-order valence-electron chi connectivity index (χ1n) is 3.84. The summed E-state index contributed by atoms with van der Waals surface area (Å²) in [6.07, 6.45) is 9.99. The molecule has 0 aliphatic rings. The molecule has 0 spiro atoms. The van der Waals surface area contributed by atoms with Crippen LogP contribution in [-0.4, -0.2) is 10.7 Å². The molecule has 1 radical (unpaired) electrons. The zero-order chi connectivity index (χ0) is 8.04. The van der Waals surface area contributed by atoms with Crippen LogP contribution in [0.15, 0.2) is 0 Å². The molecular formula is C9H15O. The first kappa shape index (κ1) is 9.52. The average Bonchev–Trinajstić information content (AvgIpc) is 1.89. The molecule has 0 rings (SSSR count). The maximum Gasteiger partial charge on any atom is 0.126 e. The smallest absolute Gasteiger partial charge is 0.126 e. The van der Waals surface area contributed by atoms with Crippen molar-refractivity contribution in [3.8, 4) is 5.92 Å². The van der Waals surface area contributed by atoms with Gasteiger partial charge in [0, 0.05) is 0 Å². The van der Waals surface area contributed by atoms with Gasteiger partial charge in [-0.15, -0.1) is 0 Å². The fourth-order valence-electron chi connectivity index (χ4n) is 1.08. The Morgan fingerprint density at radius 1 is 1.30 bits per heavy atom. The largest absolute Gasteiger partial charge is 0.378 e. The van der Waals surface area contributed by atoms with Gasteiger partial charge in [0.15, 0.2) is 0 Å². The van der Waals surface area contributed by atoms with E-state index >= 15 is 0 Å². The lowest BCUT2D eigenvalue weighted by Gasteiger charge is -2.19. The lowest BCUT2D eigenvalue weighted by Crippen LogP contribution is -2.25. The number of rotatable bonds is 4. The summed E-state index contributed by atoms with van der Waals surface area (Å²) in [7, 11) is 0. The molecule has 0 aromatic rings. The SMILES string of the molecule is [C]#CC(O)(CCC)CCC. The Labute approximate surface area is 63.5 Å². The Kier molecular flexibility index (Phi) is 4.14. The fourth-order valence-corrected chi connectivity index (χ4v) is 1.08. The van der Waals surface area contributed by atoms with Gasteiger partial charge in [0.2, 0.25) is 0 Å². The Balaban J connectivity index is 3.85. The van der Waals surface area contributed by atoms with Gasteiger partial charge in [-0.2, -0.15) is 0 Å². The van der Waals surface area contributed by atoms with E-state index < -0.39 is 5.60 Å². The third-order valence-corrected chi connectivity index (χ3v) is 1.56. The molecule has 0 aromatic heterocycles. The molecular weight excluding hydrogens is 124 g/mol. The quantitative estimate of drug-likeness (QED) is 0.590. The highest BCUT2D eigenvalue weighted by molar-refractivity contribution is 5.02. The van der Waals surface area contributed by atoms with E-state index in [2.05, 4.69) is 5.92 Å². The van der Waals surface area contributed by atoms with Crippen LogP contribution in [0.4, 0.5) is 0 Å². The van der Waals surface area contributed by atoms with E-state index in [1.165, 1.54) is 0 Å². The highest BCUT2D eigenvalue weighted by Crippen LogP contribution is 2.17. The second kappa shape index (κ2) is 4.35. The van der Waals surface area contributed by atoms with Gasteiger partial charge in [-0.1, -0.05) is 32.6 Å². The Morgan fingerprint density at radius 2 is 1.70 bits per heavy atom. The van der Waals surface area contributed by atoms with Crippen LogP contribution in [0.25, 0.3) is 0 Å². The molecule has 1 nitrogen and oxygen atoms in total. The summed E-state index contributed by atoms with van der Waals surface area (Å²) in [4.78, 5) is 0. The standard InChI is InChI=1S/C9H15O/c1-4-7-9(10,6-3)8-5-2/h10H,4-5,7-8H2,1-2H3. The first-order chi connectivity index (χ1) is 4.68. The zero-order valence-electron chi connectivity index (χ0n) is 6.78. The van der Waals surface area contributed by atoms with Gasteiger partial charge in [-0.3, -0.25) is 0 Å². The van der Waals surface area contributed by atoms with Crippen LogP contribution < -0.4 is 0 Å². The van der Waals surface area contributed by atoms with Gasteiger partial charge >= 0.3 is 0 Å². The van der Waals surface area contributed by atoms with Crippen molar-refractivity contribution in [1.82, 2.24) is 0 Å². The summed E-state index contributed by atoms with van der Waals surface area (Å²) in [5.41, 5.74) is -0.941. The van der Waals surface area contributed by atoms with Crippen molar-refractivity contribution in [3.05, 3.63) is 6.42 Å². The predicted molar refractivity (Wildman–Crippen MR) is 41.9 cm³/mol. The maximum atomic E-state index is 9.52. The number of hydrogen-bond acceptors (Lipinski definition) is 1. The number of hydrogen-bond donors (Lipinski definition) is 1. The molecule has 0 saturated carbocycles. The third-order valence-electron chi connectivity index (χ3n) is 1.56. The van der Waals surface area contributed by atoms with Crippen LogP contribution >= 0.6 is 0 Å². The zero-order valence-corrected chi connectivity index (χ0v) is 6.78. The molecule has 0 bridgehead atoms. The predicted octanol–water partition coefficient (Wildman–Crippen LogP) is 1.91. The Bertz CT molecular complexity index is 115. The molecule has 57 valence electrons. The minimum absolute atomic E-state index is 0.657. The summed E-state index contributed by atoms with van der Waals surface area (Å²) >= 11 is 0. The highest BCUT2D eigenvalue weighted by Gasteiger charge is 2.20. The van der Waals surface area contributed by atoms with Crippen molar-refractivity contribution >= 4 is 0 Å². The summed E-state index contributed by atoms with van der Waals surface area (Å²) in [6.45, 7) is 4.00. The van der Waals surface area contributed by atoms with Crippen molar-refractivity contribution in [2.24, 2.45) is 0 Å². The summed E-state index contributed by atoms with van der Waals surface area (Å²) < 4.78 is 0. The van der Waals surface area contributed by atoms with Gasteiger partial charge in [0.05, 0.1) is 0 Å². The van der Waals surface area contributed by atoms with E-state index in [9.17, 15) is 5.11 Å². The molecule has 0 unspecified atom stereocenters. The van der Waals surface area contributed by atoms with Gasteiger partial charge < -0.3 is 5.11 Å². The summed E-state index contributed by atoms with van der Waals surface area (Å²) in [5.74, 6) is 2.19. The normalized spacial score (nSPS) is 11.0. The molecule has 1 N–H and O–H groups in total. The van der Waals surface area contributed by atoms with E-state index in [0.717, 1.165) is 12.8 Å². The topological polar surface area (TPSA) is 20.2 Å². The average molecular weight is 139 g/mol. The van der Waals surface area contributed by atoms with Gasteiger partial charge in [-0.25, -0.2) is 0 Å². The molecule has 0 amide bonds. The van der Waals surface area contributed by atoms with Crippen molar-refractivity contribution in [1.29, 1.82) is 0 Å². The van der Waals surface area contributed by atoms with E-state index in [1.54, 1.807) is 0 Å². The van der Waals surface area contributed by atoms with Gasteiger partial charge in [-0.05, 0) is 19.3 Å². The summed E-state index contributed by atoms with van der Waals surface area (Å²) in [6, 6.07) is 0. The van der Waals surface area contributed by atoms with Crippen LogP contribution in [0.5, 0.6) is 0 Å². The van der Waals surface area contributed by atoms with E-state index in [-0.39, 0.29) is 0 Å². The molecule has 0 atom stereocenters. The molecule has 0 saturated heterocycles. The molecule has 10 heavy (non-hydrogen) atoms. The molecule has 1 heteroatoms. The van der Waals surface area contributed by atoms with Crippen molar-refractivity contribution in [3.63, 3.8) is 0 Å². The van der Waals surface area contributed by atoms with E-state index in [0.29, 0.717) is 12.8 Å². The van der Waals surface area contributed by atoms with Crippen LogP contribution in [0.2, 0.25) is 0 Å². The van der Waals surface area contributed by atoms with Crippen LogP contribution in [0.1, 0.15) is 39.5 Å². The van der Waals surface area contributed by atoms with Gasteiger partial charge in [0.25, 0.3) is 0 Å². The number of aliphatic hydroxyl groups is 1. The van der Waals surface area contributed by atoms with Crippen molar-refractivity contribution in [2.45, 2.75) is 45.1 Å². The van der Waals surface area contributed by atoms with Crippen molar-refractivity contribution in [2.75, 3.05) is 0 Å². The fraction of sp³-hybridized carbons (Fsp3) is 0.778. The van der Waals surface area contributed by atoms with Crippen LogP contribution in [0.3, 0.4) is 0 Å². The molecule has 0 fully saturated rings. The Morgan fingerprint density at radius 3 is 1.90 bits per heavy atom. The third kappa shape index (κ3) is 2.89. The van der Waals surface area contributed by atoms with Crippen LogP contribution in [-0.2, 0) is 0 Å². The lowest BCUT2D eigenvalue weighted by molar-refractivity contribution is 0.0805. The second-order valence-corrected chi connectivity index (χ2v) is 2.66. The molecule has 0 aromatic carbocycles. The molecule has 0 aliphatic carbocycles. The molecule has 0 aliphatic heterocycles. The lowest BCUT2D eigenvalue weighted by atomic mass is 9.94. The second-order valence-electron chi connectivity index (χ2n) is 2.66. The molecule has 0 heterocycles. The van der Waals surface area contributed by atoms with Gasteiger partial charge in [0.1, 0.15) is 5.60 Å². The maximum absolute atomic E-state index is 9.52. The minimum Gasteiger partial charge on any atom is -0.378 e. The van der Waals surface area contributed by atoms with E-state index in [1.807, 2.05) is 13.8 Å². The van der Waals surface area contributed by atoms with Crippen LogP contribution in [0, 0.1) is 12.3 Å². The minimum atomic E-state index is -0.941. The highest BCUT2D eigenvalue weighted by atomic mass is 16.3. The Hall–Kier alpha value is -0.480. The first-order valence-corrected chi connectivity index (χ1v) is 3.84. The summed E-state index contributed by atoms with van der Waals surface area (Å²) in [5, 5.41) is 9.52. The monoisotopic (exact) mass is 139 g/mol.